The number of anilines is 1. The van der Waals surface area contributed by atoms with E-state index in [-0.39, 0.29) is 17.6 Å². The molecule has 30 heavy (non-hydrogen) atoms. The number of carbonyl (C=O) groups excluding carboxylic acids is 2. The van der Waals surface area contributed by atoms with Gasteiger partial charge in [-0.25, -0.2) is 0 Å². The highest BCUT2D eigenvalue weighted by Crippen LogP contribution is 2.32. The lowest BCUT2D eigenvalue weighted by Crippen LogP contribution is -2.37. The molecular weight excluding hydrogens is 402 g/mol. The number of hydrogen-bond donors (Lipinski definition) is 2. The Labute approximate surface area is 180 Å². The highest BCUT2D eigenvalue weighted by molar-refractivity contribution is 6.30. The van der Waals surface area contributed by atoms with E-state index < -0.39 is 0 Å². The summed E-state index contributed by atoms with van der Waals surface area (Å²) in [5, 5.41) is 6.33. The van der Waals surface area contributed by atoms with Gasteiger partial charge in [-0.3, -0.25) is 9.59 Å². The number of nitrogens with zero attached hydrogens (tertiary/aromatic N) is 1. The molecule has 0 aliphatic carbocycles. The highest BCUT2D eigenvalue weighted by atomic mass is 35.5. The molecule has 2 aliphatic heterocycles. The van der Waals surface area contributed by atoms with Crippen LogP contribution in [0.15, 0.2) is 48.2 Å². The second-order valence-corrected chi connectivity index (χ2v) is 7.93. The van der Waals surface area contributed by atoms with Crippen LogP contribution < -0.4 is 15.4 Å². The quantitative estimate of drug-likeness (QED) is 0.712. The lowest BCUT2D eigenvalue weighted by molar-refractivity contribution is -0.115. The van der Waals surface area contributed by atoms with Crippen molar-refractivity contribution >= 4 is 35.2 Å². The third kappa shape index (κ3) is 5.01. The SMILES string of the molecule is O=C1Nc2cc(C(=O)NCCN3CCCCC3)ccc2OC1=Cc1cccc(Cl)c1. The number of amides is 2. The molecule has 2 amide bonds. The van der Waals surface area contributed by atoms with E-state index in [0.29, 0.717) is 28.6 Å². The summed E-state index contributed by atoms with van der Waals surface area (Å²) in [5.74, 6) is 0.130. The van der Waals surface area contributed by atoms with Gasteiger partial charge in [0.05, 0.1) is 5.69 Å². The van der Waals surface area contributed by atoms with Crippen molar-refractivity contribution in [3.63, 3.8) is 0 Å². The molecule has 4 rings (SSSR count). The molecule has 0 radical (unpaired) electrons. The van der Waals surface area contributed by atoms with Gasteiger partial charge in [0.25, 0.3) is 11.8 Å². The van der Waals surface area contributed by atoms with Crippen LogP contribution in [0.1, 0.15) is 35.2 Å². The fourth-order valence-corrected chi connectivity index (χ4v) is 3.86. The van der Waals surface area contributed by atoms with Crippen molar-refractivity contribution in [2.24, 2.45) is 0 Å². The Morgan fingerprint density at radius 2 is 2.00 bits per heavy atom. The van der Waals surface area contributed by atoms with Gasteiger partial charge in [0, 0.05) is 23.7 Å². The number of nitrogens with one attached hydrogen (secondary N) is 2. The molecule has 2 heterocycles. The van der Waals surface area contributed by atoms with Crippen LogP contribution in [-0.2, 0) is 4.79 Å². The van der Waals surface area contributed by atoms with Crippen molar-refractivity contribution in [3.8, 4) is 5.75 Å². The molecule has 0 atom stereocenters. The molecule has 2 N–H and O–H groups in total. The second-order valence-electron chi connectivity index (χ2n) is 7.49. The molecule has 0 saturated carbocycles. The number of rotatable bonds is 5. The van der Waals surface area contributed by atoms with Gasteiger partial charge in [0.15, 0.2) is 11.5 Å². The van der Waals surface area contributed by atoms with E-state index in [1.54, 1.807) is 42.5 Å². The third-order valence-electron chi connectivity index (χ3n) is 5.24. The Kier molecular flexibility index (Phi) is 6.35. The smallest absolute Gasteiger partial charge is 0.291 e. The molecule has 7 heteroatoms. The van der Waals surface area contributed by atoms with Gasteiger partial charge < -0.3 is 20.3 Å². The Morgan fingerprint density at radius 1 is 1.17 bits per heavy atom. The fourth-order valence-electron chi connectivity index (χ4n) is 3.66. The molecule has 2 aromatic carbocycles. The molecule has 0 aromatic heterocycles. The first-order chi connectivity index (χ1) is 14.6. The van der Waals surface area contributed by atoms with Crippen LogP contribution in [0.3, 0.4) is 0 Å². The molecule has 0 spiro atoms. The van der Waals surface area contributed by atoms with E-state index in [9.17, 15) is 9.59 Å². The molecule has 2 aliphatic rings. The summed E-state index contributed by atoms with van der Waals surface area (Å²) in [4.78, 5) is 27.3. The maximum Gasteiger partial charge on any atom is 0.291 e. The topological polar surface area (TPSA) is 70.7 Å². The molecule has 2 aromatic rings. The summed E-state index contributed by atoms with van der Waals surface area (Å²) in [5.41, 5.74) is 1.73. The van der Waals surface area contributed by atoms with Crippen molar-refractivity contribution < 1.29 is 14.3 Å². The zero-order valence-electron chi connectivity index (χ0n) is 16.6. The summed E-state index contributed by atoms with van der Waals surface area (Å²) in [6.45, 7) is 3.66. The van der Waals surface area contributed by atoms with E-state index in [0.717, 1.165) is 25.2 Å². The predicted molar refractivity (Wildman–Crippen MR) is 118 cm³/mol. The minimum atomic E-state index is -0.370. The van der Waals surface area contributed by atoms with E-state index in [1.165, 1.54) is 19.3 Å². The first kappa shape index (κ1) is 20.4. The molecule has 156 valence electrons. The van der Waals surface area contributed by atoms with Gasteiger partial charge >= 0.3 is 0 Å². The van der Waals surface area contributed by atoms with E-state index in [2.05, 4.69) is 15.5 Å². The van der Waals surface area contributed by atoms with Crippen molar-refractivity contribution in [1.82, 2.24) is 10.2 Å². The number of ether oxygens (including phenoxy) is 1. The predicted octanol–water partition coefficient (Wildman–Crippen LogP) is 3.93. The van der Waals surface area contributed by atoms with Crippen molar-refractivity contribution in [2.75, 3.05) is 31.5 Å². The summed E-state index contributed by atoms with van der Waals surface area (Å²) in [6, 6.07) is 12.2. The number of halogens is 1. The minimum absolute atomic E-state index is 0.163. The van der Waals surface area contributed by atoms with Crippen molar-refractivity contribution in [1.29, 1.82) is 0 Å². The lowest BCUT2D eigenvalue weighted by Gasteiger charge is -2.26. The van der Waals surface area contributed by atoms with Crippen LogP contribution in [0.2, 0.25) is 5.02 Å². The summed E-state index contributed by atoms with van der Waals surface area (Å²) < 4.78 is 5.75. The van der Waals surface area contributed by atoms with E-state index >= 15 is 0 Å². The molecular formula is C23H24ClN3O3. The molecule has 0 unspecified atom stereocenters. The first-order valence-corrected chi connectivity index (χ1v) is 10.6. The van der Waals surface area contributed by atoms with Crippen LogP contribution in [0.4, 0.5) is 5.69 Å². The summed E-state index contributed by atoms with van der Waals surface area (Å²) >= 11 is 6.00. The molecule has 1 fully saturated rings. The number of fused-ring (bicyclic) bond motifs is 1. The van der Waals surface area contributed by atoms with Gasteiger partial charge in [-0.15, -0.1) is 0 Å². The lowest BCUT2D eigenvalue weighted by atomic mass is 10.1. The number of likely N-dealkylation sites (tertiary alicyclic amines) is 1. The molecule has 1 saturated heterocycles. The molecule has 0 bridgehead atoms. The average Bonchev–Trinajstić information content (AvgIpc) is 2.75. The summed E-state index contributed by atoms with van der Waals surface area (Å²) in [7, 11) is 0. The zero-order chi connectivity index (χ0) is 20.9. The normalized spacial score (nSPS) is 17.8. The number of carbonyl (C=O) groups is 2. The van der Waals surface area contributed by atoms with Crippen molar-refractivity contribution in [3.05, 3.63) is 64.4 Å². The van der Waals surface area contributed by atoms with Gasteiger partial charge in [0.1, 0.15) is 0 Å². The zero-order valence-corrected chi connectivity index (χ0v) is 17.4. The van der Waals surface area contributed by atoms with Crippen LogP contribution in [-0.4, -0.2) is 42.9 Å². The second kappa shape index (κ2) is 9.32. The van der Waals surface area contributed by atoms with Crippen molar-refractivity contribution in [2.45, 2.75) is 19.3 Å². The maximum absolute atomic E-state index is 12.5. The van der Waals surface area contributed by atoms with E-state index in [4.69, 9.17) is 16.3 Å². The number of benzene rings is 2. The van der Waals surface area contributed by atoms with E-state index in [1.807, 2.05) is 6.07 Å². The third-order valence-corrected chi connectivity index (χ3v) is 5.48. The minimum Gasteiger partial charge on any atom is -0.449 e. The average molecular weight is 426 g/mol. The standard InChI is InChI=1S/C23H24ClN3O3/c24-18-6-4-5-16(13-18)14-21-23(29)26-19-15-17(7-8-20(19)30-21)22(28)25-9-12-27-10-2-1-3-11-27/h4-8,13-15H,1-3,9-12H2,(H,25,28)(H,26,29). The Bertz CT molecular complexity index is 983. The van der Waals surface area contributed by atoms with Gasteiger partial charge in [-0.2, -0.15) is 0 Å². The Balaban J connectivity index is 1.40. The van der Waals surface area contributed by atoms with Gasteiger partial charge in [-0.05, 0) is 67.9 Å². The number of hydrogen-bond acceptors (Lipinski definition) is 4. The number of piperidine rings is 1. The monoisotopic (exact) mass is 425 g/mol. The van der Waals surface area contributed by atoms with Gasteiger partial charge in [0.2, 0.25) is 0 Å². The highest BCUT2D eigenvalue weighted by Gasteiger charge is 2.23. The first-order valence-electron chi connectivity index (χ1n) is 10.2. The van der Waals surface area contributed by atoms with Crippen LogP contribution in [0.25, 0.3) is 6.08 Å². The fraction of sp³-hybridized carbons (Fsp3) is 0.304. The maximum atomic E-state index is 12.5. The Morgan fingerprint density at radius 3 is 2.80 bits per heavy atom. The van der Waals surface area contributed by atoms with Crippen LogP contribution in [0.5, 0.6) is 5.75 Å². The van der Waals surface area contributed by atoms with Crippen LogP contribution >= 0.6 is 11.6 Å². The molecule has 6 nitrogen and oxygen atoms in total. The summed E-state index contributed by atoms with van der Waals surface area (Å²) in [6.07, 6.45) is 5.38. The van der Waals surface area contributed by atoms with Crippen LogP contribution in [0, 0.1) is 0 Å². The Hall–Kier alpha value is -2.83. The van der Waals surface area contributed by atoms with Gasteiger partial charge in [-0.1, -0.05) is 30.2 Å². The largest absolute Gasteiger partial charge is 0.449 e.